The van der Waals surface area contributed by atoms with E-state index in [-0.39, 0.29) is 24.3 Å². The van der Waals surface area contributed by atoms with Gasteiger partial charge >= 0.3 is 5.97 Å². The van der Waals surface area contributed by atoms with Crippen LogP contribution in [0.1, 0.15) is 70.0 Å². The number of hydrogen-bond acceptors (Lipinski definition) is 6. The van der Waals surface area contributed by atoms with Gasteiger partial charge < -0.3 is 20.1 Å². The molecule has 0 spiro atoms. The van der Waals surface area contributed by atoms with E-state index in [9.17, 15) is 19.5 Å². The highest BCUT2D eigenvalue weighted by molar-refractivity contribution is 6.42. The zero-order chi connectivity index (χ0) is 43.5. The topological polar surface area (TPSA) is 123 Å². The first kappa shape index (κ1) is 42.3. The highest BCUT2D eigenvalue weighted by Gasteiger charge is 2.40. The Bertz CT molecular complexity index is 2670. The minimum Gasteiger partial charge on any atom is -0.480 e. The van der Waals surface area contributed by atoms with Crippen LogP contribution in [-0.4, -0.2) is 46.9 Å². The first-order chi connectivity index (χ1) is 30.0. The van der Waals surface area contributed by atoms with Crippen molar-refractivity contribution < 1.29 is 24.2 Å². The van der Waals surface area contributed by atoms with Crippen molar-refractivity contribution in [3.63, 3.8) is 0 Å². The first-order valence-corrected chi connectivity index (χ1v) is 21.3. The van der Waals surface area contributed by atoms with Gasteiger partial charge in [-0.05, 0) is 100 Å². The Hall–Kier alpha value is -6.44. The summed E-state index contributed by atoms with van der Waals surface area (Å²) in [6, 6.07) is 42.2. The quantitative estimate of drug-likeness (QED) is 0.126. The van der Waals surface area contributed by atoms with Crippen LogP contribution in [0, 0.1) is 11.3 Å². The molecule has 0 unspecified atom stereocenters. The zero-order valence-electron chi connectivity index (χ0n) is 34.2. The Morgan fingerprint density at radius 2 is 1.50 bits per heavy atom. The summed E-state index contributed by atoms with van der Waals surface area (Å²) < 4.78 is 6.51. The number of carboxylic acid groups (broad SMARTS) is 1. The number of anilines is 1. The largest absolute Gasteiger partial charge is 0.480 e. The van der Waals surface area contributed by atoms with Crippen LogP contribution in [0.25, 0.3) is 11.1 Å². The molecule has 0 saturated carbocycles. The average Bonchev–Trinajstić information content (AvgIpc) is 3.29. The molecule has 2 aliphatic heterocycles. The van der Waals surface area contributed by atoms with Crippen molar-refractivity contribution >= 4 is 46.7 Å². The zero-order valence-corrected chi connectivity index (χ0v) is 35.7. The Morgan fingerprint density at radius 3 is 2.15 bits per heavy atom. The predicted molar refractivity (Wildman–Crippen MR) is 241 cm³/mol. The molecule has 62 heavy (non-hydrogen) atoms. The third-order valence-electron chi connectivity index (χ3n) is 11.9. The standard InChI is InChI=1S/C51H44Cl2N4O5/c1-3-44(37-7-5-4-6-8-37)57-30-40-28-47-45(56(2)50(59)48(62-47)38-20-11-31(12-21-38)23-34-15-22-41(52)42(53)24-34)26-39(40)27-46(57)49(58)55-43(51(60)61)25-32-9-16-35(17-10-32)36-18-13-33(29-54)14-19-36/h4-22,24,26,28,43-44,46,48H,3,23,25,27,30H2,1-2H3,(H,55,58)(H,60,61)/t43-,44-,46-,48-/m0/s1. The lowest BCUT2D eigenvalue weighted by atomic mass is 9.88. The number of halogens is 2. The normalized spacial score (nSPS) is 16.9. The molecule has 0 fully saturated rings. The van der Waals surface area contributed by atoms with Gasteiger partial charge in [0.15, 0.2) is 0 Å². The molecule has 6 aromatic rings. The Kier molecular flexibility index (Phi) is 12.5. The molecular weight excluding hydrogens is 819 g/mol. The number of amides is 2. The van der Waals surface area contributed by atoms with Crippen LogP contribution < -0.4 is 15.0 Å². The molecular formula is C51H44Cl2N4O5. The third kappa shape index (κ3) is 8.95. The number of carbonyl (C=O) groups excluding carboxylic acids is 2. The number of likely N-dealkylation sites (N-methyl/N-ethyl adjacent to an activating group) is 1. The van der Waals surface area contributed by atoms with Crippen molar-refractivity contribution in [2.75, 3.05) is 11.9 Å². The van der Waals surface area contributed by atoms with E-state index in [1.165, 1.54) is 0 Å². The van der Waals surface area contributed by atoms with Crippen LogP contribution in [-0.2, 0) is 40.2 Å². The van der Waals surface area contributed by atoms with Crippen molar-refractivity contribution in [1.29, 1.82) is 5.26 Å². The van der Waals surface area contributed by atoms with E-state index in [1.54, 1.807) is 30.1 Å². The lowest BCUT2D eigenvalue weighted by Gasteiger charge is -2.42. The van der Waals surface area contributed by atoms with Crippen LogP contribution in [0.2, 0.25) is 10.0 Å². The fourth-order valence-electron chi connectivity index (χ4n) is 8.54. The van der Waals surface area contributed by atoms with E-state index in [1.807, 2.05) is 103 Å². The summed E-state index contributed by atoms with van der Waals surface area (Å²) in [6.45, 7) is 2.48. The summed E-state index contributed by atoms with van der Waals surface area (Å²) in [4.78, 5) is 44.9. The first-order valence-electron chi connectivity index (χ1n) is 20.6. The smallest absolute Gasteiger partial charge is 0.326 e. The highest BCUT2D eigenvalue weighted by Crippen LogP contribution is 2.43. The number of rotatable bonds is 12. The molecule has 312 valence electrons. The van der Waals surface area contributed by atoms with Crippen LogP contribution >= 0.6 is 23.2 Å². The highest BCUT2D eigenvalue weighted by atomic mass is 35.5. The summed E-state index contributed by atoms with van der Waals surface area (Å²) in [5, 5.41) is 23.4. The number of fused-ring (bicyclic) bond motifs is 2. The second kappa shape index (κ2) is 18.3. The number of nitrogens with one attached hydrogen (secondary N) is 1. The van der Waals surface area contributed by atoms with Gasteiger partial charge in [0.2, 0.25) is 12.0 Å². The molecule has 11 heteroatoms. The van der Waals surface area contributed by atoms with Gasteiger partial charge in [0, 0.05) is 31.6 Å². The minimum absolute atomic E-state index is 0.0901. The molecule has 8 rings (SSSR count). The van der Waals surface area contributed by atoms with Gasteiger partial charge in [0.25, 0.3) is 5.91 Å². The van der Waals surface area contributed by atoms with Crippen molar-refractivity contribution in [1.82, 2.24) is 10.2 Å². The molecule has 0 bridgehead atoms. The van der Waals surface area contributed by atoms with E-state index in [0.717, 1.165) is 50.1 Å². The molecule has 0 saturated heterocycles. The Morgan fingerprint density at radius 1 is 0.839 bits per heavy atom. The number of hydrogen-bond donors (Lipinski definition) is 2. The third-order valence-corrected chi connectivity index (χ3v) is 12.7. The van der Waals surface area contributed by atoms with Gasteiger partial charge in [-0.3, -0.25) is 14.5 Å². The maximum atomic E-state index is 14.5. The Labute approximate surface area is 371 Å². The lowest BCUT2D eigenvalue weighted by molar-refractivity contribution is -0.143. The summed E-state index contributed by atoms with van der Waals surface area (Å²) in [5.41, 5.74) is 9.51. The predicted octanol–water partition coefficient (Wildman–Crippen LogP) is 9.91. The van der Waals surface area contributed by atoms with Gasteiger partial charge in [-0.15, -0.1) is 0 Å². The molecule has 0 aromatic heterocycles. The number of ether oxygens (including phenoxy) is 1. The molecule has 0 aliphatic carbocycles. The average molecular weight is 864 g/mol. The maximum Gasteiger partial charge on any atom is 0.326 e. The summed E-state index contributed by atoms with van der Waals surface area (Å²) in [6.07, 6.45) is 0.895. The van der Waals surface area contributed by atoms with E-state index in [4.69, 9.17) is 33.2 Å². The molecule has 2 aliphatic rings. The van der Waals surface area contributed by atoms with E-state index >= 15 is 0 Å². The van der Waals surface area contributed by atoms with Gasteiger partial charge in [-0.2, -0.15) is 5.26 Å². The van der Waals surface area contributed by atoms with Crippen LogP contribution in [0.15, 0.2) is 133 Å². The Balaban J connectivity index is 1.04. The number of carboxylic acids is 1. The molecule has 2 N–H and O–H groups in total. The molecule has 9 nitrogen and oxygen atoms in total. The SMILES string of the molecule is CC[C@@H](c1ccccc1)N1Cc2cc3c(cc2C[C@H]1C(=O)N[C@@H](Cc1ccc(-c2ccc(C#N)cc2)cc1)C(=O)O)N(C)C(=O)[C@H](c1ccc(Cc2ccc(Cl)c(Cl)c2)cc1)O3. The van der Waals surface area contributed by atoms with Crippen LogP contribution in [0.5, 0.6) is 5.75 Å². The number of benzene rings is 6. The fourth-order valence-corrected chi connectivity index (χ4v) is 8.86. The fraction of sp³-hybridized carbons (Fsp3) is 0.216. The second-order valence-corrected chi connectivity index (χ2v) is 16.7. The summed E-state index contributed by atoms with van der Waals surface area (Å²) >= 11 is 12.4. The molecule has 6 aromatic carbocycles. The van der Waals surface area contributed by atoms with Crippen molar-refractivity contribution in [2.45, 2.75) is 63.4 Å². The summed E-state index contributed by atoms with van der Waals surface area (Å²) in [7, 11) is 1.73. The molecule has 0 radical (unpaired) electrons. The number of nitrogens with zero attached hydrogens (tertiary/aromatic N) is 3. The van der Waals surface area contributed by atoms with E-state index in [0.29, 0.717) is 52.9 Å². The van der Waals surface area contributed by atoms with Crippen LogP contribution in [0.4, 0.5) is 5.69 Å². The number of nitriles is 1. The van der Waals surface area contributed by atoms with Gasteiger partial charge in [0.1, 0.15) is 11.8 Å². The molecule has 2 amide bonds. The monoisotopic (exact) mass is 862 g/mol. The van der Waals surface area contributed by atoms with Crippen molar-refractivity contribution in [3.05, 3.63) is 188 Å². The van der Waals surface area contributed by atoms with Gasteiger partial charge in [-0.25, -0.2) is 4.79 Å². The molecule has 4 atom stereocenters. The maximum absolute atomic E-state index is 14.5. The van der Waals surface area contributed by atoms with Gasteiger partial charge in [0.05, 0.1) is 33.4 Å². The number of aliphatic carboxylic acids is 1. The van der Waals surface area contributed by atoms with E-state index in [2.05, 4.69) is 35.3 Å². The lowest BCUT2D eigenvalue weighted by Crippen LogP contribution is -2.55. The van der Waals surface area contributed by atoms with Crippen molar-refractivity contribution in [3.8, 4) is 22.9 Å². The summed E-state index contributed by atoms with van der Waals surface area (Å²) in [5.74, 6) is -1.16. The molecule has 2 heterocycles. The van der Waals surface area contributed by atoms with Crippen LogP contribution in [0.3, 0.4) is 0 Å². The van der Waals surface area contributed by atoms with E-state index < -0.39 is 24.2 Å². The van der Waals surface area contributed by atoms with Crippen molar-refractivity contribution in [2.24, 2.45) is 0 Å². The number of carbonyl (C=O) groups is 3. The van der Waals surface area contributed by atoms with Gasteiger partial charge in [-0.1, -0.05) is 127 Å². The minimum atomic E-state index is -1.18. The second-order valence-electron chi connectivity index (χ2n) is 15.9.